The fourth-order valence-electron chi connectivity index (χ4n) is 10.3. The molecule has 0 aromatic heterocycles. The monoisotopic (exact) mass is 1320 g/mol. The number of aliphatic hydroxyl groups is 10. The molecule has 0 aromatic carbocycles. The largest absolute Gasteiger partial charge is 0.394 e. The number of unbranched alkanes of at least 4 members (excludes halogenated alkanes) is 7. The van der Waals surface area contributed by atoms with Crippen LogP contribution >= 0.6 is 7.37 Å². The summed E-state index contributed by atoms with van der Waals surface area (Å²) in [7, 11) is -3.06. The van der Waals surface area contributed by atoms with E-state index in [2.05, 4.69) is 26.6 Å². The van der Waals surface area contributed by atoms with Crippen LogP contribution in [0.15, 0.2) is 0 Å². The third-order valence-corrected chi connectivity index (χ3v) is 16.0. The van der Waals surface area contributed by atoms with Crippen LogP contribution in [0.3, 0.4) is 0 Å². The van der Waals surface area contributed by atoms with Gasteiger partial charge >= 0.3 is 0 Å². The lowest BCUT2D eigenvalue weighted by Gasteiger charge is -2.42. The Bertz CT molecular complexity index is 2190. The molecule has 7 amide bonds. The smallest absolute Gasteiger partial charge is 0.253 e. The Morgan fingerprint density at radius 1 is 0.467 bits per heavy atom. The maximum atomic E-state index is 13.8. The van der Waals surface area contributed by atoms with Gasteiger partial charge in [0.15, 0.2) is 32.3 Å². The highest BCUT2D eigenvalue weighted by Crippen LogP contribution is 2.37. The maximum Gasteiger partial charge on any atom is 0.253 e. The third kappa shape index (κ3) is 29.4. The van der Waals surface area contributed by atoms with Crippen molar-refractivity contribution in [1.29, 1.82) is 0 Å². The van der Waals surface area contributed by atoms with Crippen LogP contribution in [0.2, 0.25) is 0 Å². The molecular weight excluding hydrogens is 1210 g/mol. The Labute approximate surface area is 526 Å². The quantitative estimate of drug-likeness (QED) is 0.0204. The van der Waals surface area contributed by atoms with Gasteiger partial charge < -0.3 is 120 Å². The van der Waals surface area contributed by atoms with Gasteiger partial charge in [-0.05, 0) is 64.2 Å². The highest BCUT2D eigenvalue weighted by atomic mass is 31.2. The van der Waals surface area contributed by atoms with Crippen LogP contribution in [0.1, 0.15) is 124 Å². The van der Waals surface area contributed by atoms with Crippen LogP contribution in [-0.4, -0.2) is 299 Å². The lowest BCUT2D eigenvalue weighted by Crippen LogP contribution is -2.64. The number of rotatable bonds is 44. The second-order valence-electron chi connectivity index (χ2n) is 23.2. The molecule has 0 spiro atoms. The Balaban J connectivity index is 1.54. The van der Waals surface area contributed by atoms with Gasteiger partial charge in [-0.15, -0.1) is 0 Å². The fraction of sp³-hybridized carbons (Fsp3) is 0.877. The first-order valence-corrected chi connectivity index (χ1v) is 33.8. The minimum Gasteiger partial charge on any atom is -0.394 e. The number of ether oxygens (including phenoxy) is 6. The highest BCUT2D eigenvalue weighted by molar-refractivity contribution is 7.57. The topological polar surface area (TPSA) is 470 Å². The van der Waals surface area contributed by atoms with Crippen molar-refractivity contribution >= 4 is 48.7 Å². The molecule has 522 valence electrons. The van der Waals surface area contributed by atoms with Crippen molar-refractivity contribution < 1.29 is 122 Å². The van der Waals surface area contributed by atoms with E-state index in [9.17, 15) is 89.2 Å². The molecule has 90 heavy (non-hydrogen) atoms. The first kappa shape index (κ1) is 80.1. The maximum absolute atomic E-state index is 13.8. The molecule has 3 heterocycles. The highest BCUT2D eigenvalue weighted by Gasteiger charge is 2.48. The average Bonchev–Trinajstić information content (AvgIpc) is 1.02. The Morgan fingerprint density at radius 3 is 1.14 bits per heavy atom. The summed E-state index contributed by atoms with van der Waals surface area (Å²) >= 11 is 0. The third-order valence-electron chi connectivity index (χ3n) is 15.2. The molecule has 0 saturated carbocycles. The number of nitrogens with one attached hydrogen (secondary N) is 5. The van der Waals surface area contributed by atoms with Crippen LogP contribution < -0.4 is 26.6 Å². The number of aliphatic hydroxyl groups excluding tert-OH is 10. The summed E-state index contributed by atoms with van der Waals surface area (Å²) in [4.78, 5) is 91.5. The van der Waals surface area contributed by atoms with E-state index in [0.717, 1.165) is 0 Å². The number of carbonyl (C=O) groups is 7. The second-order valence-corrected chi connectivity index (χ2v) is 26.0. The minimum absolute atomic E-state index is 0.0963. The molecule has 15 N–H and O–H groups in total. The molecule has 7 unspecified atom stereocenters. The lowest BCUT2D eigenvalue weighted by molar-refractivity contribution is -0.270. The van der Waals surface area contributed by atoms with E-state index in [1.165, 1.54) is 39.0 Å². The van der Waals surface area contributed by atoms with Crippen molar-refractivity contribution in [2.24, 2.45) is 0 Å². The van der Waals surface area contributed by atoms with Gasteiger partial charge in [-0.2, -0.15) is 0 Å². The van der Waals surface area contributed by atoms with E-state index in [-0.39, 0.29) is 96.1 Å². The molecular formula is C57H104N7O25P. The van der Waals surface area contributed by atoms with Crippen LogP contribution in [-0.2, 0) is 71.1 Å². The van der Waals surface area contributed by atoms with Crippen LogP contribution in [0.25, 0.3) is 0 Å². The van der Waals surface area contributed by atoms with Gasteiger partial charge in [0.25, 0.3) is 5.91 Å². The Kier molecular flexibility index (Phi) is 38.2. The molecule has 3 aliphatic heterocycles. The molecule has 0 aromatic rings. The number of hydrogen-bond donors (Lipinski definition) is 15. The first-order chi connectivity index (χ1) is 42.7. The van der Waals surface area contributed by atoms with E-state index in [1.807, 2.05) is 0 Å². The summed E-state index contributed by atoms with van der Waals surface area (Å²) in [5.41, 5.74) is 0. The van der Waals surface area contributed by atoms with Gasteiger partial charge in [0.1, 0.15) is 73.1 Å². The second kappa shape index (κ2) is 42.9. The van der Waals surface area contributed by atoms with Crippen molar-refractivity contribution in [3.05, 3.63) is 0 Å². The zero-order valence-electron chi connectivity index (χ0n) is 52.7. The van der Waals surface area contributed by atoms with Crippen LogP contribution in [0.5, 0.6) is 0 Å². The van der Waals surface area contributed by atoms with E-state index < -0.39 is 155 Å². The number of carbonyl (C=O) groups excluding carboxylic acids is 7. The van der Waals surface area contributed by atoms with Crippen molar-refractivity contribution in [3.63, 3.8) is 0 Å². The standard InChI is InChI=1S/C57H104N7O25P/c1-35(68)60-45-51(78)48(75)39(31-65)87-55(45)83-28-14-6-9-19-42(72)58-22-17-26-63(44(74)21-11-8-16-30-85-57-47(62-37(3)70)53(80)50(77)41(33-67)89-57)24-12-13-25-64(54(81)38(71)34-86-90(4,5)82)27-18-23-59-43(73)20-10-7-15-29-84-56-46(61-36(2)69)52(79)49(76)40(32-66)88-56/h38-41,45-53,55-57,65-67,71,75-80H,6-34H2,1-5H3,(H,58,72)(H,59,73)(H,60,68)(H,61,69)(H,62,70)/t38?,39?,40?,41?,45?,46?,47?,48-,49-,50-,51+,52+,53+,55+,56+,57+/m0/s1. The van der Waals surface area contributed by atoms with Crippen molar-refractivity contribution in [1.82, 2.24) is 36.4 Å². The molecule has 3 saturated heterocycles. The fourth-order valence-corrected chi connectivity index (χ4v) is 10.8. The summed E-state index contributed by atoms with van der Waals surface area (Å²) in [6.07, 6.45) is -10.7. The predicted molar refractivity (Wildman–Crippen MR) is 318 cm³/mol. The Hall–Kier alpha value is -4.16. The molecule has 0 aliphatic carbocycles. The number of nitrogens with zero attached hydrogens (tertiary/aromatic N) is 2. The molecule has 33 heteroatoms. The number of amides is 7. The van der Waals surface area contributed by atoms with Gasteiger partial charge in [-0.25, -0.2) is 0 Å². The average molecular weight is 1320 g/mol. The summed E-state index contributed by atoms with van der Waals surface area (Å²) in [6, 6.07) is -3.26. The van der Waals surface area contributed by atoms with E-state index in [1.54, 1.807) is 4.90 Å². The van der Waals surface area contributed by atoms with Gasteiger partial charge in [-0.1, -0.05) is 19.3 Å². The SMILES string of the molecule is CC(=O)NC1[C@H](OCCCCCC(=O)NCCCN(CCCCN(CCCNC(=O)CCCCCO[C@@H]2OC(CO)[C@H](O)[C@H](O)C2NC(C)=O)C(=O)C(O)COP(C)(C)=O)C(=O)CCCCCO[C@@H]2OC(CO)[C@H](O)[C@H](O)C2NC(C)=O)OC(CO)[C@H](O)[C@@H]1O. The minimum atomic E-state index is -3.06. The molecule has 3 rings (SSSR count). The molecule has 16 atom stereocenters. The van der Waals surface area contributed by atoms with E-state index in [4.69, 9.17) is 32.9 Å². The van der Waals surface area contributed by atoms with Gasteiger partial charge in [0.2, 0.25) is 35.4 Å². The zero-order valence-corrected chi connectivity index (χ0v) is 53.6. The zero-order chi connectivity index (χ0) is 66.9. The molecule has 3 fully saturated rings. The van der Waals surface area contributed by atoms with Gasteiger partial charge in [-0.3, -0.25) is 38.1 Å². The number of hydrogen-bond acceptors (Lipinski definition) is 25. The Morgan fingerprint density at radius 2 is 0.800 bits per heavy atom. The normalized spacial score (nSPS) is 27.3. The van der Waals surface area contributed by atoms with Crippen LogP contribution in [0, 0.1) is 0 Å². The van der Waals surface area contributed by atoms with Gasteiger partial charge in [0.05, 0.1) is 26.4 Å². The predicted octanol–water partition coefficient (Wildman–Crippen LogP) is -4.09. The molecule has 3 aliphatic rings. The van der Waals surface area contributed by atoms with E-state index >= 15 is 0 Å². The van der Waals surface area contributed by atoms with Gasteiger partial charge in [0, 0.05) is 112 Å². The summed E-state index contributed by atoms with van der Waals surface area (Å²) in [5, 5.41) is 115. The van der Waals surface area contributed by atoms with Crippen molar-refractivity contribution in [3.8, 4) is 0 Å². The van der Waals surface area contributed by atoms with E-state index in [0.29, 0.717) is 83.5 Å². The summed E-state index contributed by atoms with van der Waals surface area (Å²) < 4.78 is 51.6. The van der Waals surface area contributed by atoms with Crippen LogP contribution in [0.4, 0.5) is 0 Å². The molecule has 32 nitrogen and oxygen atoms in total. The summed E-state index contributed by atoms with van der Waals surface area (Å²) in [6.45, 7) is 5.75. The summed E-state index contributed by atoms with van der Waals surface area (Å²) in [5.74, 6) is -2.77. The van der Waals surface area contributed by atoms with Crippen molar-refractivity contribution in [2.45, 2.75) is 222 Å². The molecule has 0 radical (unpaired) electrons. The van der Waals surface area contributed by atoms with Crippen molar-refractivity contribution in [2.75, 3.05) is 98.8 Å². The molecule has 0 bridgehead atoms. The lowest BCUT2D eigenvalue weighted by atomic mass is 9.97. The first-order valence-electron chi connectivity index (χ1n) is 31.2.